The van der Waals surface area contributed by atoms with Gasteiger partial charge >= 0.3 is 0 Å². The highest BCUT2D eigenvalue weighted by atomic mass is 19.2. The van der Waals surface area contributed by atoms with Crippen LogP contribution in [0, 0.1) is 18.6 Å². The van der Waals surface area contributed by atoms with Crippen molar-refractivity contribution in [3.63, 3.8) is 0 Å². The molecule has 1 aromatic heterocycles. The van der Waals surface area contributed by atoms with Crippen LogP contribution >= 0.6 is 0 Å². The highest BCUT2D eigenvalue weighted by molar-refractivity contribution is 5.33. The van der Waals surface area contributed by atoms with Crippen molar-refractivity contribution in [3.05, 3.63) is 52.3 Å². The molecule has 2 rings (SSSR count). The largest absolute Gasteiger partial charge is 0.308 e. The maximum Gasteiger partial charge on any atom is 0.164 e. The molecule has 1 atom stereocenters. The predicted octanol–water partition coefficient (Wildman–Crippen LogP) is 2.88. The van der Waals surface area contributed by atoms with Crippen LogP contribution in [0.25, 0.3) is 0 Å². The molecule has 0 saturated heterocycles. The lowest BCUT2D eigenvalue weighted by Crippen LogP contribution is -2.22. The van der Waals surface area contributed by atoms with Crippen molar-refractivity contribution < 1.29 is 8.78 Å². The Hall–Kier alpha value is -1.75. The molecule has 5 heteroatoms. The van der Waals surface area contributed by atoms with Crippen molar-refractivity contribution in [1.29, 1.82) is 0 Å². The fourth-order valence-corrected chi connectivity index (χ4v) is 2.33. The fourth-order valence-electron chi connectivity index (χ4n) is 2.33. The average molecular weight is 279 g/mol. The second kappa shape index (κ2) is 5.71. The molecule has 2 aromatic rings. The van der Waals surface area contributed by atoms with E-state index in [1.807, 2.05) is 13.0 Å². The molecule has 3 nitrogen and oxygen atoms in total. The third-order valence-electron chi connectivity index (χ3n) is 3.53. The van der Waals surface area contributed by atoms with Gasteiger partial charge in [-0.05, 0) is 32.0 Å². The molecule has 0 aliphatic carbocycles. The van der Waals surface area contributed by atoms with E-state index >= 15 is 0 Å². The molecule has 1 unspecified atom stereocenters. The number of aromatic nitrogens is 2. The molecular weight excluding hydrogens is 260 g/mol. The zero-order valence-corrected chi connectivity index (χ0v) is 12.2. The Kier molecular flexibility index (Phi) is 4.18. The smallest absolute Gasteiger partial charge is 0.164 e. The number of hydrogen-bond acceptors (Lipinski definition) is 2. The molecule has 0 aliphatic heterocycles. The standard InChI is InChI=1S/C15H19F2N3/c1-5-10-8-12(20(4)19-10)15(18-3)11-7-6-9(2)13(16)14(11)17/h6-8,15,18H,5H2,1-4H3. The molecule has 0 aliphatic rings. The number of hydrogen-bond donors (Lipinski definition) is 1. The minimum Gasteiger partial charge on any atom is -0.308 e. The van der Waals surface area contributed by atoms with E-state index in [2.05, 4.69) is 10.4 Å². The van der Waals surface area contributed by atoms with E-state index in [-0.39, 0.29) is 0 Å². The van der Waals surface area contributed by atoms with Crippen LogP contribution in [0.4, 0.5) is 8.78 Å². The van der Waals surface area contributed by atoms with E-state index in [1.54, 1.807) is 37.8 Å². The Morgan fingerprint density at radius 3 is 2.55 bits per heavy atom. The summed E-state index contributed by atoms with van der Waals surface area (Å²) in [5, 5.41) is 7.39. The van der Waals surface area contributed by atoms with Crippen LogP contribution in [-0.2, 0) is 13.5 Å². The number of halogens is 2. The van der Waals surface area contributed by atoms with E-state index in [1.165, 1.54) is 0 Å². The molecule has 20 heavy (non-hydrogen) atoms. The van der Waals surface area contributed by atoms with Gasteiger partial charge in [0.15, 0.2) is 11.6 Å². The number of aryl methyl sites for hydroxylation is 3. The summed E-state index contributed by atoms with van der Waals surface area (Å²) in [6.45, 7) is 3.56. The summed E-state index contributed by atoms with van der Waals surface area (Å²) >= 11 is 0. The molecule has 0 amide bonds. The van der Waals surface area contributed by atoms with Crippen molar-refractivity contribution in [2.24, 2.45) is 7.05 Å². The number of nitrogens with one attached hydrogen (secondary N) is 1. The first-order chi connectivity index (χ1) is 9.49. The van der Waals surface area contributed by atoms with Crippen molar-refractivity contribution in [2.75, 3.05) is 7.05 Å². The molecule has 0 fully saturated rings. The Morgan fingerprint density at radius 2 is 2.00 bits per heavy atom. The third-order valence-corrected chi connectivity index (χ3v) is 3.53. The molecule has 0 spiro atoms. The van der Waals surface area contributed by atoms with Crippen LogP contribution < -0.4 is 5.32 Å². The van der Waals surface area contributed by atoms with Crippen LogP contribution in [-0.4, -0.2) is 16.8 Å². The van der Waals surface area contributed by atoms with E-state index in [9.17, 15) is 8.78 Å². The molecule has 1 aromatic carbocycles. The molecule has 0 saturated carbocycles. The van der Waals surface area contributed by atoms with Crippen molar-refractivity contribution >= 4 is 0 Å². The summed E-state index contributed by atoms with van der Waals surface area (Å²) in [6.07, 6.45) is 0.801. The van der Waals surface area contributed by atoms with Crippen LogP contribution in [0.15, 0.2) is 18.2 Å². The van der Waals surface area contributed by atoms with Crippen molar-refractivity contribution in [1.82, 2.24) is 15.1 Å². The monoisotopic (exact) mass is 279 g/mol. The first-order valence-corrected chi connectivity index (χ1v) is 6.64. The summed E-state index contributed by atoms with van der Waals surface area (Å²) < 4.78 is 29.6. The Labute approximate surface area is 117 Å². The number of nitrogens with zero attached hydrogens (tertiary/aromatic N) is 2. The molecule has 1 N–H and O–H groups in total. The highest BCUT2D eigenvalue weighted by Gasteiger charge is 2.22. The first kappa shape index (κ1) is 14.7. The van der Waals surface area contributed by atoms with Crippen LogP contribution in [0.2, 0.25) is 0 Å². The maximum atomic E-state index is 14.2. The third kappa shape index (κ3) is 2.45. The normalized spacial score (nSPS) is 12.7. The van der Waals surface area contributed by atoms with E-state index < -0.39 is 17.7 Å². The lowest BCUT2D eigenvalue weighted by molar-refractivity contribution is 0.477. The van der Waals surface area contributed by atoms with Gasteiger partial charge in [0.05, 0.1) is 17.4 Å². The van der Waals surface area contributed by atoms with Gasteiger partial charge in [0.1, 0.15) is 0 Å². The molecule has 1 heterocycles. The fraction of sp³-hybridized carbons (Fsp3) is 0.400. The topological polar surface area (TPSA) is 29.9 Å². The maximum absolute atomic E-state index is 14.2. The Balaban J connectivity index is 2.52. The van der Waals surface area contributed by atoms with E-state index in [0.29, 0.717) is 11.1 Å². The van der Waals surface area contributed by atoms with Crippen LogP contribution in [0.1, 0.15) is 35.5 Å². The molecular formula is C15H19F2N3. The van der Waals surface area contributed by atoms with Crippen LogP contribution in [0.3, 0.4) is 0 Å². The number of rotatable bonds is 4. The van der Waals surface area contributed by atoms with Gasteiger partial charge in [-0.25, -0.2) is 8.78 Å². The lowest BCUT2D eigenvalue weighted by Gasteiger charge is -2.18. The quantitative estimate of drug-likeness (QED) is 0.932. The van der Waals surface area contributed by atoms with Gasteiger partial charge in [0.2, 0.25) is 0 Å². The second-order valence-corrected chi connectivity index (χ2v) is 4.86. The van der Waals surface area contributed by atoms with E-state index in [4.69, 9.17) is 0 Å². The zero-order valence-electron chi connectivity index (χ0n) is 12.2. The predicted molar refractivity (Wildman–Crippen MR) is 74.6 cm³/mol. The van der Waals surface area contributed by atoms with Gasteiger partial charge < -0.3 is 5.32 Å². The summed E-state index contributed by atoms with van der Waals surface area (Å²) in [5.41, 5.74) is 2.34. The van der Waals surface area contributed by atoms with Crippen molar-refractivity contribution in [3.8, 4) is 0 Å². The van der Waals surface area contributed by atoms with E-state index in [0.717, 1.165) is 17.8 Å². The second-order valence-electron chi connectivity index (χ2n) is 4.86. The van der Waals surface area contributed by atoms with Gasteiger partial charge in [-0.1, -0.05) is 19.1 Å². The zero-order chi connectivity index (χ0) is 14.9. The van der Waals surface area contributed by atoms with Crippen molar-refractivity contribution in [2.45, 2.75) is 26.3 Å². The molecule has 0 bridgehead atoms. The summed E-state index contributed by atoms with van der Waals surface area (Å²) in [4.78, 5) is 0. The Morgan fingerprint density at radius 1 is 1.30 bits per heavy atom. The van der Waals surface area contributed by atoms with Gasteiger partial charge in [-0.3, -0.25) is 4.68 Å². The van der Waals surface area contributed by atoms with Gasteiger partial charge in [-0.2, -0.15) is 5.10 Å². The molecule has 0 radical (unpaired) electrons. The number of benzene rings is 1. The highest BCUT2D eigenvalue weighted by Crippen LogP contribution is 2.27. The first-order valence-electron chi connectivity index (χ1n) is 6.64. The summed E-state index contributed by atoms with van der Waals surface area (Å²) in [5.74, 6) is -1.59. The Bertz CT molecular complexity index is 620. The minimum atomic E-state index is -0.802. The SMILES string of the molecule is CCc1cc(C(NC)c2ccc(C)c(F)c2F)n(C)n1. The molecule has 108 valence electrons. The van der Waals surface area contributed by atoms with Gasteiger partial charge in [0.25, 0.3) is 0 Å². The lowest BCUT2D eigenvalue weighted by atomic mass is 10.0. The summed E-state index contributed by atoms with van der Waals surface area (Å²) in [6, 6.07) is 4.70. The summed E-state index contributed by atoms with van der Waals surface area (Å²) in [7, 11) is 3.53. The average Bonchev–Trinajstić information content (AvgIpc) is 2.81. The van der Waals surface area contributed by atoms with Gasteiger partial charge in [-0.15, -0.1) is 0 Å². The van der Waals surface area contributed by atoms with Gasteiger partial charge in [0, 0.05) is 12.6 Å². The van der Waals surface area contributed by atoms with Crippen LogP contribution in [0.5, 0.6) is 0 Å². The minimum absolute atomic E-state index is 0.293.